The Labute approximate surface area is 128 Å². The van der Waals surface area contributed by atoms with Gasteiger partial charge >= 0.3 is 0 Å². The molecule has 1 aliphatic rings. The van der Waals surface area contributed by atoms with Crippen LogP contribution in [0.5, 0.6) is 0 Å². The van der Waals surface area contributed by atoms with E-state index in [0.29, 0.717) is 24.4 Å². The largest absolute Gasteiger partial charge is 0.384 e. The summed E-state index contributed by atoms with van der Waals surface area (Å²) in [5.41, 5.74) is 0.0127. The number of aromatic nitrogens is 2. The van der Waals surface area contributed by atoms with E-state index in [2.05, 4.69) is 31.2 Å². The second-order valence-corrected chi connectivity index (χ2v) is 7.49. The molecule has 0 spiro atoms. The zero-order chi connectivity index (χ0) is 15.6. The molecule has 2 N–H and O–H groups in total. The van der Waals surface area contributed by atoms with Crippen LogP contribution in [-0.2, 0) is 12.6 Å². The minimum absolute atomic E-state index is 0.511. The van der Waals surface area contributed by atoms with Gasteiger partial charge in [0.1, 0.15) is 5.60 Å². The smallest absolute Gasteiger partial charge is 0.102 e. The van der Waals surface area contributed by atoms with Gasteiger partial charge in [0, 0.05) is 31.4 Å². The second kappa shape index (κ2) is 6.49. The van der Waals surface area contributed by atoms with Crippen LogP contribution in [0.25, 0.3) is 0 Å². The van der Waals surface area contributed by atoms with Crippen LogP contribution in [0.3, 0.4) is 0 Å². The molecule has 1 aliphatic carbocycles. The van der Waals surface area contributed by atoms with Crippen molar-refractivity contribution in [2.45, 2.75) is 58.6 Å². The monoisotopic (exact) mass is 293 g/mol. The van der Waals surface area contributed by atoms with Gasteiger partial charge in [0.25, 0.3) is 0 Å². The average molecular weight is 293 g/mol. The van der Waals surface area contributed by atoms with Crippen LogP contribution in [0.15, 0.2) is 12.4 Å². The van der Waals surface area contributed by atoms with Crippen LogP contribution in [0.1, 0.15) is 52.5 Å². The van der Waals surface area contributed by atoms with Crippen molar-refractivity contribution in [2.75, 3.05) is 6.54 Å². The van der Waals surface area contributed by atoms with Crippen molar-refractivity contribution >= 4 is 0 Å². The minimum Gasteiger partial charge on any atom is -0.384 e. The normalized spacial score (nSPS) is 29.6. The lowest BCUT2D eigenvalue weighted by atomic mass is 9.74. The molecule has 0 aromatic carbocycles. The van der Waals surface area contributed by atoms with E-state index in [0.717, 1.165) is 11.5 Å². The first-order chi connectivity index (χ1) is 9.79. The fraction of sp³-hybridized carbons (Fsp3) is 0.824. The quantitative estimate of drug-likeness (QED) is 0.877. The van der Waals surface area contributed by atoms with E-state index in [9.17, 15) is 5.11 Å². The van der Waals surface area contributed by atoms with E-state index < -0.39 is 5.60 Å². The molecule has 1 aromatic heterocycles. The first-order valence-electron chi connectivity index (χ1n) is 8.24. The summed E-state index contributed by atoms with van der Waals surface area (Å²) in [5, 5.41) is 18.5. The number of rotatable bonds is 5. The van der Waals surface area contributed by atoms with Gasteiger partial charge in [-0.3, -0.25) is 4.68 Å². The Morgan fingerprint density at radius 3 is 2.76 bits per heavy atom. The fourth-order valence-corrected chi connectivity index (χ4v) is 3.57. The Bertz CT molecular complexity index is 453. The predicted molar refractivity (Wildman–Crippen MR) is 85.9 cm³/mol. The molecule has 4 nitrogen and oxygen atoms in total. The van der Waals surface area contributed by atoms with Crippen molar-refractivity contribution in [3.8, 4) is 0 Å². The number of nitrogens with one attached hydrogen (secondary N) is 1. The van der Waals surface area contributed by atoms with Crippen LogP contribution in [0.4, 0.5) is 0 Å². The van der Waals surface area contributed by atoms with Crippen molar-refractivity contribution in [2.24, 2.45) is 24.8 Å². The molecule has 0 amide bonds. The maximum absolute atomic E-state index is 10.7. The summed E-state index contributed by atoms with van der Waals surface area (Å²) in [5.74, 6) is 2.19. The molecule has 0 aliphatic heterocycles. The van der Waals surface area contributed by atoms with Gasteiger partial charge in [0.15, 0.2) is 0 Å². The number of hydrogen-bond acceptors (Lipinski definition) is 3. The molecule has 1 heterocycles. The van der Waals surface area contributed by atoms with Gasteiger partial charge < -0.3 is 10.4 Å². The highest BCUT2D eigenvalue weighted by molar-refractivity contribution is 5.14. The molecule has 4 unspecified atom stereocenters. The number of aliphatic hydroxyl groups is 1. The predicted octanol–water partition coefficient (Wildman–Crippen LogP) is 2.68. The van der Waals surface area contributed by atoms with Gasteiger partial charge in [-0.1, -0.05) is 27.2 Å². The lowest BCUT2D eigenvalue weighted by molar-refractivity contribution is 0.0439. The van der Waals surface area contributed by atoms with Crippen molar-refractivity contribution in [3.05, 3.63) is 18.0 Å². The summed E-state index contributed by atoms with van der Waals surface area (Å²) < 4.78 is 1.74. The number of aryl methyl sites for hydroxylation is 1. The molecule has 2 rings (SSSR count). The van der Waals surface area contributed by atoms with E-state index in [1.165, 1.54) is 19.3 Å². The first-order valence-corrected chi connectivity index (χ1v) is 8.24. The Kier molecular flexibility index (Phi) is 5.10. The van der Waals surface area contributed by atoms with E-state index >= 15 is 0 Å². The van der Waals surface area contributed by atoms with Crippen molar-refractivity contribution in [3.63, 3.8) is 0 Å². The summed E-state index contributed by atoms with van der Waals surface area (Å²) in [4.78, 5) is 0. The third-order valence-corrected chi connectivity index (χ3v) is 5.06. The van der Waals surface area contributed by atoms with Crippen LogP contribution in [0.2, 0.25) is 0 Å². The first kappa shape index (κ1) is 16.5. The Balaban J connectivity index is 1.99. The molecule has 0 saturated heterocycles. The number of hydrogen-bond donors (Lipinski definition) is 2. The van der Waals surface area contributed by atoms with Crippen molar-refractivity contribution in [1.29, 1.82) is 0 Å². The topological polar surface area (TPSA) is 50.1 Å². The van der Waals surface area contributed by atoms with Gasteiger partial charge in [-0.15, -0.1) is 0 Å². The van der Waals surface area contributed by atoms with Gasteiger partial charge in [0.05, 0.1) is 6.20 Å². The minimum atomic E-state index is -0.865. The SMILES string of the molecule is CC1CCC(C(C)C)C(NCC(C)(O)c2cnn(C)c2)C1. The summed E-state index contributed by atoms with van der Waals surface area (Å²) in [7, 11) is 1.88. The molecular weight excluding hydrogens is 262 g/mol. The highest BCUT2D eigenvalue weighted by Gasteiger charge is 2.33. The zero-order valence-electron chi connectivity index (χ0n) is 14.1. The van der Waals surface area contributed by atoms with Crippen molar-refractivity contribution in [1.82, 2.24) is 15.1 Å². The van der Waals surface area contributed by atoms with E-state index in [-0.39, 0.29) is 0 Å². The molecule has 0 bridgehead atoms. The maximum Gasteiger partial charge on any atom is 0.102 e. The van der Waals surface area contributed by atoms with Gasteiger partial charge in [-0.2, -0.15) is 5.10 Å². The maximum atomic E-state index is 10.7. The summed E-state index contributed by atoms with van der Waals surface area (Å²) in [6.45, 7) is 9.42. The van der Waals surface area contributed by atoms with Gasteiger partial charge in [-0.25, -0.2) is 0 Å². The molecule has 21 heavy (non-hydrogen) atoms. The molecular formula is C17H31N3O. The summed E-state index contributed by atoms with van der Waals surface area (Å²) in [6, 6.07) is 0.511. The molecule has 4 heteroatoms. The van der Waals surface area contributed by atoms with Gasteiger partial charge in [-0.05, 0) is 37.5 Å². The van der Waals surface area contributed by atoms with Crippen molar-refractivity contribution < 1.29 is 5.11 Å². The van der Waals surface area contributed by atoms with E-state index in [1.807, 2.05) is 20.2 Å². The highest BCUT2D eigenvalue weighted by Crippen LogP contribution is 2.34. The standard InChI is InChI=1S/C17H31N3O/c1-12(2)15-7-6-13(3)8-16(15)18-11-17(4,21)14-9-19-20(5)10-14/h9-10,12-13,15-16,18,21H,6-8,11H2,1-5H3. The lowest BCUT2D eigenvalue weighted by Crippen LogP contribution is -2.47. The van der Waals surface area contributed by atoms with Crippen LogP contribution < -0.4 is 5.32 Å². The summed E-state index contributed by atoms with van der Waals surface area (Å²) in [6.07, 6.45) is 7.49. The molecule has 4 atom stereocenters. The molecule has 1 fully saturated rings. The molecule has 1 aromatic rings. The lowest BCUT2D eigenvalue weighted by Gasteiger charge is -2.39. The Morgan fingerprint density at radius 2 is 2.19 bits per heavy atom. The van der Waals surface area contributed by atoms with Gasteiger partial charge in [0.2, 0.25) is 0 Å². The Hall–Kier alpha value is -0.870. The summed E-state index contributed by atoms with van der Waals surface area (Å²) >= 11 is 0. The average Bonchev–Trinajstić information content (AvgIpc) is 2.84. The Morgan fingerprint density at radius 1 is 1.48 bits per heavy atom. The van der Waals surface area contributed by atoms with E-state index in [4.69, 9.17) is 0 Å². The fourth-order valence-electron chi connectivity index (χ4n) is 3.57. The van der Waals surface area contributed by atoms with E-state index in [1.54, 1.807) is 10.9 Å². The molecule has 0 radical (unpaired) electrons. The van der Waals surface area contributed by atoms with Crippen LogP contribution in [-0.4, -0.2) is 27.5 Å². The zero-order valence-corrected chi connectivity index (χ0v) is 14.1. The third-order valence-electron chi connectivity index (χ3n) is 5.06. The molecule has 1 saturated carbocycles. The number of nitrogens with zero attached hydrogens (tertiary/aromatic N) is 2. The highest BCUT2D eigenvalue weighted by atomic mass is 16.3. The molecule has 120 valence electrons. The third kappa shape index (κ3) is 4.07. The second-order valence-electron chi connectivity index (χ2n) is 7.49. The van der Waals surface area contributed by atoms with Crippen LogP contribution in [0, 0.1) is 17.8 Å². The van der Waals surface area contributed by atoms with Crippen LogP contribution >= 0.6 is 0 Å².